The molecule has 0 bridgehead atoms. The topological polar surface area (TPSA) is 137 Å². The van der Waals surface area contributed by atoms with Crippen LogP contribution in [-0.4, -0.2) is 52.0 Å². The lowest BCUT2D eigenvalue weighted by Crippen LogP contribution is -2.33. The third kappa shape index (κ3) is 8.86. The molecular weight excluding hydrogens is 424 g/mol. The molecule has 3 rings (SSSR count). The number of ether oxygens (including phenoxy) is 1. The van der Waals surface area contributed by atoms with Gasteiger partial charge in [-0.15, -0.1) is 5.06 Å². The number of nitrogens with zero attached hydrogens (tertiary/aromatic N) is 2. The molecule has 1 unspecified atom stereocenters. The van der Waals surface area contributed by atoms with Crippen molar-refractivity contribution in [2.24, 2.45) is 0 Å². The Morgan fingerprint density at radius 3 is 1.81 bits per heavy atom. The fourth-order valence-electron chi connectivity index (χ4n) is 2.89. The van der Waals surface area contributed by atoms with E-state index >= 15 is 0 Å². The maximum absolute atomic E-state index is 11.5. The van der Waals surface area contributed by atoms with Crippen molar-refractivity contribution in [3.8, 4) is 0 Å². The van der Waals surface area contributed by atoms with Gasteiger partial charge in [-0.2, -0.15) is 0 Å². The molecule has 32 heavy (non-hydrogen) atoms. The van der Waals surface area contributed by atoms with E-state index in [-0.39, 0.29) is 31.8 Å². The predicted octanol–water partition coefficient (Wildman–Crippen LogP) is 2.73. The molecule has 11 heteroatoms. The van der Waals surface area contributed by atoms with Crippen LogP contribution in [0.4, 0.5) is 4.79 Å². The number of carbonyl (C=O) groups excluding carboxylic acids is 6. The van der Waals surface area contributed by atoms with E-state index in [1.54, 1.807) is 0 Å². The minimum atomic E-state index is -1.00. The van der Waals surface area contributed by atoms with Gasteiger partial charge in [-0.05, 0) is 31.8 Å². The highest BCUT2D eigenvalue weighted by Crippen LogP contribution is 2.17. The zero-order valence-electron chi connectivity index (χ0n) is 18.7. The minimum absolute atomic E-state index is 0.0788. The van der Waals surface area contributed by atoms with Crippen LogP contribution in [0.1, 0.15) is 78.6 Å². The zero-order chi connectivity index (χ0) is 24.1. The molecule has 11 nitrogen and oxygen atoms in total. The molecule has 1 aliphatic carbocycles. The van der Waals surface area contributed by atoms with Crippen molar-refractivity contribution in [3.63, 3.8) is 0 Å². The minimum Gasteiger partial charge on any atom is -0.425 e. The van der Waals surface area contributed by atoms with Gasteiger partial charge in [0, 0.05) is 32.6 Å². The van der Waals surface area contributed by atoms with E-state index in [1.807, 2.05) is 26.0 Å². The van der Waals surface area contributed by atoms with Crippen LogP contribution in [0.2, 0.25) is 0 Å². The van der Waals surface area contributed by atoms with Crippen molar-refractivity contribution < 1.29 is 43.2 Å². The second-order valence-corrected chi connectivity index (χ2v) is 6.81. The van der Waals surface area contributed by atoms with Crippen LogP contribution in [0.15, 0.2) is 12.2 Å². The zero-order valence-corrected chi connectivity index (χ0v) is 18.7. The number of hydroxylamine groups is 4. The van der Waals surface area contributed by atoms with E-state index < -0.39 is 35.8 Å². The van der Waals surface area contributed by atoms with Crippen LogP contribution >= 0.6 is 0 Å². The van der Waals surface area contributed by atoms with Crippen LogP contribution < -0.4 is 0 Å². The lowest BCUT2D eigenvalue weighted by atomic mass is 10.0. The van der Waals surface area contributed by atoms with Crippen LogP contribution in [0.25, 0.3) is 0 Å². The van der Waals surface area contributed by atoms with Crippen LogP contribution in [0, 0.1) is 0 Å². The van der Waals surface area contributed by atoms with Crippen molar-refractivity contribution in [1.29, 1.82) is 0 Å². The Kier molecular flexibility index (Phi) is 11.7. The highest BCUT2D eigenvalue weighted by molar-refractivity contribution is 6.02. The number of allylic oxidation sites excluding steroid dienone is 1. The van der Waals surface area contributed by atoms with E-state index in [1.165, 1.54) is 0 Å². The molecule has 2 aliphatic heterocycles. The van der Waals surface area contributed by atoms with E-state index in [4.69, 9.17) is 4.74 Å². The van der Waals surface area contributed by atoms with Gasteiger partial charge in [-0.1, -0.05) is 31.4 Å². The third-order valence-electron chi connectivity index (χ3n) is 4.35. The van der Waals surface area contributed by atoms with Gasteiger partial charge in [0.1, 0.15) is 6.10 Å². The Bertz CT molecular complexity index is 716. The number of rotatable bonds is 3. The second kappa shape index (κ2) is 13.9. The van der Waals surface area contributed by atoms with Crippen LogP contribution in [-0.2, 0) is 38.4 Å². The molecule has 0 N–H and O–H groups in total. The molecule has 0 saturated carbocycles. The lowest BCUT2D eigenvalue weighted by Gasteiger charge is -2.17. The Labute approximate surface area is 186 Å². The number of hydrogen-bond acceptors (Lipinski definition) is 9. The first-order chi connectivity index (χ1) is 15.3. The summed E-state index contributed by atoms with van der Waals surface area (Å²) in [7, 11) is 0. The lowest BCUT2D eigenvalue weighted by molar-refractivity contribution is -0.195. The standard InChI is InChI=1S/C13H17NO5.C6H7NO4.C2H6/c15-11-8-9-12(16)14(11)19-13(17)18-10-6-4-2-1-3-5-7-10;1-4(8)11-7-5(9)2-3-6(7)10;1-2/h4,6,10H,1-3,5,7-9H2;2-3H2,1H3;1-2H3/b6-4+;;. The summed E-state index contributed by atoms with van der Waals surface area (Å²) >= 11 is 0. The van der Waals surface area contributed by atoms with Gasteiger partial charge in [0.2, 0.25) is 0 Å². The van der Waals surface area contributed by atoms with Crippen LogP contribution in [0.3, 0.4) is 0 Å². The smallest absolute Gasteiger partial charge is 0.425 e. The highest BCUT2D eigenvalue weighted by Gasteiger charge is 2.34. The summed E-state index contributed by atoms with van der Waals surface area (Å²) in [5.74, 6) is -2.57. The summed E-state index contributed by atoms with van der Waals surface area (Å²) < 4.78 is 5.09. The third-order valence-corrected chi connectivity index (χ3v) is 4.35. The first kappa shape index (κ1) is 26.8. The number of carbonyl (C=O) groups is 6. The number of imide groups is 2. The first-order valence-corrected chi connectivity index (χ1v) is 10.7. The van der Waals surface area contributed by atoms with E-state index in [2.05, 4.69) is 9.68 Å². The van der Waals surface area contributed by atoms with Gasteiger partial charge < -0.3 is 9.57 Å². The highest BCUT2D eigenvalue weighted by atomic mass is 16.8. The normalized spacial score (nSPS) is 21.4. The maximum atomic E-state index is 11.5. The average molecular weight is 454 g/mol. The van der Waals surface area contributed by atoms with Gasteiger partial charge in [-0.25, -0.2) is 9.59 Å². The summed E-state index contributed by atoms with van der Waals surface area (Å²) in [6, 6.07) is 0. The second-order valence-electron chi connectivity index (χ2n) is 6.81. The molecule has 2 saturated heterocycles. The largest absolute Gasteiger partial charge is 0.534 e. The molecule has 1 atom stereocenters. The van der Waals surface area contributed by atoms with E-state index in [0.29, 0.717) is 10.1 Å². The van der Waals surface area contributed by atoms with Crippen molar-refractivity contribution in [3.05, 3.63) is 12.2 Å². The summed E-state index contributed by atoms with van der Waals surface area (Å²) in [6.07, 6.45) is 7.79. The molecule has 0 spiro atoms. The van der Waals surface area contributed by atoms with Gasteiger partial charge in [0.25, 0.3) is 23.6 Å². The SMILES string of the molecule is CC.CC(=O)ON1C(=O)CCC1=O.O=C(OC1/C=C/CCCCC1)ON1C(=O)CCC1=O. The molecule has 0 aromatic heterocycles. The fraction of sp³-hybridized carbons (Fsp3) is 0.619. The quantitative estimate of drug-likeness (QED) is 0.358. The molecule has 0 radical (unpaired) electrons. The summed E-state index contributed by atoms with van der Waals surface area (Å²) in [4.78, 5) is 74.9. The van der Waals surface area contributed by atoms with Crippen molar-refractivity contribution in [1.82, 2.24) is 10.1 Å². The van der Waals surface area contributed by atoms with Gasteiger partial charge in [0.15, 0.2) is 0 Å². The molecule has 3 aliphatic rings. The Hall–Kier alpha value is -3.24. The average Bonchev–Trinajstić information content (AvgIpc) is 3.22. The Morgan fingerprint density at radius 2 is 1.31 bits per heavy atom. The fourth-order valence-corrected chi connectivity index (χ4v) is 2.89. The number of amides is 4. The number of hydrogen-bond donors (Lipinski definition) is 0. The van der Waals surface area contributed by atoms with Gasteiger partial charge >= 0.3 is 12.1 Å². The summed E-state index contributed by atoms with van der Waals surface area (Å²) in [6.45, 7) is 5.14. The predicted molar refractivity (Wildman–Crippen MR) is 109 cm³/mol. The molecule has 4 amide bonds. The molecular formula is C21H30N2O9. The van der Waals surface area contributed by atoms with Gasteiger partial charge in [0.05, 0.1) is 0 Å². The van der Waals surface area contributed by atoms with Gasteiger partial charge in [-0.3, -0.25) is 24.0 Å². The molecule has 0 aromatic carbocycles. The molecule has 0 aromatic rings. The van der Waals surface area contributed by atoms with E-state index in [0.717, 1.165) is 39.0 Å². The van der Waals surface area contributed by atoms with Crippen molar-refractivity contribution in [2.45, 2.75) is 84.7 Å². The summed E-state index contributed by atoms with van der Waals surface area (Å²) in [5, 5.41) is 1.01. The van der Waals surface area contributed by atoms with Crippen molar-refractivity contribution in [2.75, 3.05) is 0 Å². The summed E-state index contributed by atoms with van der Waals surface area (Å²) in [5.41, 5.74) is 0. The first-order valence-electron chi connectivity index (χ1n) is 10.7. The van der Waals surface area contributed by atoms with E-state index in [9.17, 15) is 28.8 Å². The Morgan fingerprint density at radius 1 is 0.812 bits per heavy atom. The van der Waals surface area contributed by atoms with Crippen molar-refractivity contribution >= 4 is 35.8 Å². The molecule has 2 fully saturated rings. The monoisotopic (exact) mass is 454 g/mol. The molecule has 2 heterocycles. The maximum Gasteiger partial charge on any atom is 0.534 e. The molecule has 178 valence electrons. The Balaban J connectivity index is 0.000000335. The van der Waals surface area contributed by atoms with Crippen LogP contribution in [0.5, 0.6) is 0 Å².